The molecule has 1 aliphatic rings. The Morgan fingerprint density at radius 3 is 2.32 bits per heavy atom. The van der Waals surface area contributed by atoms with E-state index in [0.29, 0.717) is 0 Å². The zero-order valence-corrected chi connectivity index (χ0v) is 20.6. The van der Waals surface area contributed by atoms with Gasteiger partial charge >= 0.3 is 0 Å². The molecule has 1 nitrogen and oxygen atoms in total. The second-order valence-corrected chi connectivity index (χ2v) is 10.2. The molecule has 0 aromatic heterocycles. The summed E-state index contributed by atoms with van der Waals surface area (Å²) >= 11 is 3.51. The molecule has 4 aromatic rings. The van der Waals surface area contributed by atoms with Crippen molar-refractivity contribution < 1.29 is 0 Å². The Labute approximate surface area is 209 Å². The van der Waals surface area contributed by atoms with Crippen molar-refractivity contribution in [3.8, 4) is 0 Å². The molecular formula is C31H25NS2. The minimum Gasteiger partial charge on any atom is -0.349 e. The zero-order chi connectivity index (χ0) is 23.3. The van der Waals surface area contributed by atoms with E-state index < -0.39 is 0 Å². The van der Waals surface area contributed by atoms with Gasteiger partial charge in [-0.3, -0.25) is 0 Å². The summed E-state index contributed by atoms with van der Waals surface area (Å²) in [7, 11) is 0. The number of hydrogen-bond donors (Lipinski definition) is 1. The van der Waals surface area contributed by atoms with Crippen LogP contribution in [0.2, 0.25) is 0 Å². The minimum atomic E-state index is 1.02. The van der Waals surface area contributed by atoms with Gasteiger partial charge in [-0.05, 0) is 52.3 Å². The van der Waals surface area contributed by atoms with Gasteiger partial charge in [-0.25, -0.2) is 0 Å². The summed E-state index contributed by atoms with van der Waals surface area (Å²) in [6.07, 6.45) is 14.4. The van der Waals surface area contributed by atoms with Gasteiger partial charge in [0.2, 0.25) is 0 Å². The van der Waals surface area contributed by atoms with Crippen molar-refractivity contribution in [2.24, 2.45) is 0 Å². The van der Waals surface area contributed by atoms with Crippen LogP contribution in [0.15, 0.2) is 142 Å². The lowest BCUT2D eigenvalue weighted by Gasteiger charge is -2.09. The van der Waals surface area contributed by atoms with Gasteiger partial charge in [-0.1, -0.05) is 127 Å². The monoisotopic (exact) mass is 475 g/mol. The Hall–Kier alpha value is -3.40. The molecule has 0 saturated heterocycles. The van der Waals surface area contributed by atoms with E-state index in [0.717, 1.165) is 9.93 Å². The highest BCUT2D eigenvalue weighted by atomic mass is 32.2. The van der Waals surface area contributed by atoms with E-state index in [1.807, 2.05) is 24.3 Å². The molecule has 0 radical (unpaired) electrons. The van der Waals surface area contributed by atoms with Gasteiger partial charge in [0.05, 0.1) is 10.7 Å². The SMILES string of the molecule is C=C(/C=C/C=C/C=C/C=C1/Nc2ccc3ccccc3c2S1)Sc1c(C)ccc2ccccc12. The zero-order valence-electron chi connectivity index (χ0n) is 19.0. The highest BCUT2D eigenvalue weighted by Gasteiger charge is 2.17. The fourth-order valence-electron chi connectivity index (χ4n) is 3.95. The molecule has 166 valence electrons. The molecule has 1 aliphatic heterocycles. The van der Waals surface area contributed by atoms with E-state index in [-0.39, 0.29) is 0 Å². The van der Waals surface area contributed by atoms with Gasteiger partial charge in [-0.2, -0.15) is 0 Å². The predicted octanol–water partition coefficient (Wildman–Crippen LogP) is 9.64. The maximum atomic E-state index is 4.23. The molecule has 34 heavy (non-hydrogen) atoms. The molecule has 5 rings (SSSR count). The van der Waals surface area contributed by atoms with Crippen molar-refractivity contribution in [2.45, 2.75) is 16.7 Å². The van der Waals surface area contributed by atoms with Crippen molar-refractivity contribution in [3.63, 3.8) is 0 Å². The van der Waals surface area contributed by atoms with Crippen LogP contribution in [0.25, 0.3) is 21.5 Å². The van der Waals surface area contributed by atoms with Crippen LogP contribution in [-0.2, 0) is 0 Å². The first kappa shape index (κ1) is 22.4. The van der Waals surface area contributed by atoms with Gasteiger partial charge in [-0.15, -0.1) is 0 Å². The number of aryl methyl sites for hydroxylation is 1. The van der Waals surface area contributed by atoms with E-state index in [2.05, 4.69) is 110 Å². The van der Waals surface area contributed by atoms with Crippen molar-refractivity contribution in [3.05, 3.63) is 137 Å². The van der Waals surface area contributed by atoms with E-state index in [4.69, 9.17) is 0 Å². The Morgan fingerprint density at radius 1 is 0.794 bits per heavy atom. The molecule has 0 atom stereocenters. The first-order valence-corrected chi connectivity index (χ1v) is 12.9. The molecule has 3 heteroatoms. The highest BCUT2D eigenvalue weighted by Crippen LogP contribution is 2.45. The van der Waals surface area contributed by atoms with E-state index >= 15 is 0 Å². The van der Waals surface area contributed by atoms with Crippen LogP contribution < -0.4 is 5.32 Å². The Bertz CT molecular complexity index is 1500. The van der Waals surface area contributed by atoms with Crippen LogP contribution in [-0.4, -0.2) is 0 Å². The Balaban J connectivity index is 1.18. The third-order valence-corrected chi connectivity index (χ3v) is 7.88. The van der Waals surface area contributed by atoms with Gasteiger partial charge in [0.25, 0.3) is 0 Å². The van der Waals surface area contributed by atoms with Crippen LogP contribution in [0.3, 0.4) is 0 Å². The number of rotatable bonds is 6. The highest BCUT2D eigenvalue weighted by molar-refractivity contribution is 8.04. The summed E-state index contributed by atoms with van der Waals surface area (Å²) in [5.41, 5.74) is 2.46. The van der Waals surface area contributed by atoms with Crippen LogP contribution in [0, 0.1) is 6.92 Å². The lowest BCUT2D eigenvalue weighted by Crippen LogP contribution is -1.87. The summed E-state index contributed by atoms with van der Waals surface area (Å²) in [5.74, 6) is 0. The van der Waals surface area contributed by atoms with Gasteiger partial charge in [0, 0.05) is 14.7 Å². The fourth-order valence-corrected chi connectivity index (χ4v) is 5.93. The van der Waals surface area contributed by atoms with E-state index in [1.165, 1.54) is 42.6 Å². The molecule has 0 bridgehead atoms. The number of hydrogen-bond acceptors (Lipinski definition) is 3. The van der Waals surface area contributed by atoms with Gasteiger partial charge < -0.3 is 5.32 Å². The second-order valence-electron chi connectivity index (χ2n) is 8.05. The summed E-state index contributed by atoms with van der Waals surface area (Å²) in [6.45, 7) is 6.39. The number of benzene rings is 4. The summed E-state index contributed by atoms with van der Waals surface area (Å²) < 4.78 is 0. The molecule has 0 amide bonds. The maximum absolute atomic E-state index is 4.23. The maximum Gasteiger partial charge on any atom is 0.0775 e. The molecule has 1 N–H and O–H groups in total. The Morgan fingerprint density at radius 2 is 1.47 bits per heavy atom. The van der Waals surface area contributed by atoms with Crippen LogP contribution in [0.5, 0.6) is 0 Å². The topological polar surface area (TPSA) is 12.0 Å². The molecule has 4 aromatic carbocycles. The lowest BCUT2D eigenvalue weighted by molar-refractivity contribution is 1.35. The summed E-state index contributed by atoms with van der Waals surface area (Å²) in [6, 6.07) is 25.7. The van der Waals surface area contributed by atoms with Gasteiger partial charge in [0.1, 0.15) is 0 Å². The molecule has 1 heterocycles. The first-order chi connectivity index (χ1) is 16.7. The first-order valence-electron chi connectivity index (χ1n) is 11.2. The second kappa shape index (κ2) is 10.3. The molecule has 0 unspecified atom stereocenters. The smallest absolute Gasteiger partial charge is 0.0775 e. The molecule has 0 fully saturated rings. The van der Waals surface area contributed by atoms with Crippen molar-refractivity contribution in [1.82, 2.24) is 0 Å². The fraction of sp³-hybridized carbons (Fsp3) is 0.0323. The average Bonchev–Trinajstić information content (AvgIpc) is 3.29. The third-order valence-electron chi connectivity index (χ3n) is 5.63. The van der Waals surface area contributed by atoms with Gasteiger partial charge in [0.15, 0.2) is 0 Å². The van der Waals surface area contributed by atoms with Crippen molar-refractivity contribution in [2.75, 3.05) is 5.32 Å². The molecule has 0 saturated carbocycles. The number of fused-ring (bicyclic) bond motifs is 4. The third kappa shape index (κ3) is 4.91. The quantitative estimate of drug-likeness (QED) is 0.220. The van der Waals surface area contributed by atoms with Crippen molar-refractivity contribution in [1.29, 1.82) is 0 Å². The number of thioether (sulfide) groups is 2. The van der Waals surface area contributed by atoms with E-state index in [9.17, 15) is 0 Å². The van der Waals surface area contributed by atoms with Crippen LogP contribution >= 0.6 is 23.5 Å². The van der Waals surface area contributed by atoms with Crippen LogP contribution in [0.4, 0.5) is 5.69 Å². The Kier molecular flexibility index (Phi) is 6.75. The molecule has 0 spiro atoms. The number of anilines is 1. The van der Waals surface area contributed by atoms with Crippen molar-refractivity contribution >= 4 is 50.8 Å². The molecular weight excluding hydrogens is 450 g/mol. The number of nitrogens with one attached hydrogen (secondary N) is 1. The average molecular weight is 476 g/mol. The number of allylic oxidation sites excluding steroid dienone is 7. The van der Waals surface area contributed by atoms with E-state index in [1.54, 1.807) is 23.5 Å². The lowest BCUT2D eigenvalue weighted by atomic mass is 10.1. The largest absolute Gasteiger partial charge is 0.349 e. The molecule has 0 aliphatic carbocycles. The summed E-state index contributed by atoms with van der Waals surface area (Å²) in [4.78, 5) is 3.60. The minimum absolute atomic E-state index is 1.02. The predicted molar refractivity (Wildman–Crippen MR) is 153 cm³/mol. The van der Waals surface area contributed by atoms with Crippen LogP contribution in [0.1, 0.15) is 5.56 Å². The summed E-state index contributed by atoms with van der Waals surface area (Å²) in [5, 5.41) is 9.76. The standard InChI is InChI=1S/C31H25NS2/c1-22-18-19-24-13-8-10-15-26(24)30(22)33-23(2)12-6-4-3-5-7-17-29-32-28-21-20-25-14-9-11-16-27(25)31(28)34-29/h3-21,32H,2H2,1H3/b4-3+,7-5+,12-6+,29-17-. The normalized spacial score (nSPS) is 14.7.